The van der Waals surface area contributed by atoms with Crippen LogP contribution in [0.25, 0.3) is 11.0 Å². The Morgan fingerprint density at radius 1 is 1.19 bits per heavy atom. The smallest absolute Gasteiger partial charge is 0.134 e. The van der Waals surface area contributed by atoms with Crippen LogP contribution in [0.1, 0.15) is 63.3 Å². The summed E-state index contributed by atoms with van der Waals surface area (Å²) in [5.74, 6) is 1.91. The molecule has 0 aliphatic heterocycles. The molecule has 0 saturated heterocycles. The predicted octanol–water partition coefficient (Wildman–Crippen LogP) is 5.23. The molecule has 1 heterocycles. The summed E-state index contributed by atoms with van der Waals surface area (Å²) in [7, 11) is 0. The lowest BCUT2D eigenvalue weighted by atomic mass is 10.1. The van der Waals surface area contributed by atoms with Crippen LogP contribution in [0.2, 0.25) is 0 Å². The number of furan rings is 1. The van der Waals surface area contributed by atoms with Gasteiger partial charge in [0.1, 0.15) is 11.3 Å². The fourth-order valence-corrected chi connectivity index (χ4v) is 3.03. The molecule has 21 heavy (non-hydrogen) atoms. The van der Waals surface area contributed by atoms with E-state index in [9.17, 15) is 0 Å². The topological polar surface area (TPSA) is 25.2 Å². The number of benzene rings is 1. The van der Waals surface area contributed by atoms with Crippen molar-refractivity contribution >= 4 is 11.0 Å². The number of rotatable bonds is 8. The molecule has 3 rings (SSSR count). The number of hydrogen-bond acceptors (Lipinski definition) is 2. The maximum atomic E-state index is 6.13. The number of fused-ring (bicyclic) bond motifs is 1. The first kappa shape index (κ1) is 14.6. The monoisotopic (exact) mass is 285 g/mol. The molecule has 1 aliphatic carbocycles. The summed E-state index contributed by atoms with van der Waals surface area (Å²) in [6.45, 7) is 5.53. The zero-order valence-electron chi connectivity index (χ0n) is 13.3. The zero-order chi connectivity index (χ0) is 14.7. The third-order valence-corrected chi connectivity index (χ3v) is 4.43. The molecule has 1 saturated carbocycles. The second-order valence-corrected chi connectivity index (χ2v) is 6.39. The lowest BCUT2D eigenvalue weighted by Crippen LogP contribution is -2.23. The second kappa shape index (κ2) is 6.65. The fourth-order valence-electron chi connectivity index (χ4n) is 3.03. The van der Waals surface area contributed by atoms with E-state index in [1.165, 1.54) is 49.5 Å². The van der Waals surface area contributed by atoms with Crippen LogP contribution in [0, 0.1) is 5.92 Å². The molecule has 1 aromatic carbocycles. The Kier molecular flexibility index (Phi) is 4.64. The first-order valence-corrected chi connectivity index (χ1v) is 8.57. The van der Waals surface area contributed by atoms with E-state index in [2.05, 4.69) is 43.4 Å². The normalized spacial score (nSPS) is 16.5. The highest BCUT2D eigenvalue weighted by Gasteiger charge is 2.33. The number of unbranched alkanes of at least 4 members (excludes halogenated alkanes) is 1. The Morgan fingerprint density at radius 2 is 2.05 bits per heavy atom. The van der Waals surface area contributed by atoms with Gasteiger partial charge < -0.3 is 9.73 Å². The summed E-state index contributed by atoms with van der Waals surface area (Å²) in [6, 6.07) is 9.35. The Balaban J connectivity index is 1.81. The van der Waals surface area contributed by atoms with Gasteiger partial charge in [-0.05, 0) is 68.3 Å². The second-order valence-electron chi connectivity index (χ2n) is 6.39. The summed E-state index contributed by atoms with van der Waals surface area (Å²) in [4.78, 5) is 0. The lowest BCUT2D eigenvalue weighted by molar-refractivity contribution is 0.396. The van der Waals surface area contributed by atoms with Crippen molar-refractivity contribution in [2.45, 2.75) is 58.4 Å². The lowest BCUT2D eigenvalue weighted by Gasteiger charge is -2.14. The molecule has 2 aromatic rings. The van der Waals surface area contributed by atoms with Crippen molar-refractivity contribution in [2.75, 3.05) is 6.54 Å². The van der Waals surface area contributed by atoms with E-state index in [1.54, 1.807) is 0 Å². The van der Waals surface area contributed by atoms with Gasteiger partial charge >= 0.3 is 0 Å². The molecule has 0 amide bonds. The minimum absolute atomic E-state index is 0.413. The maximum Gasteiger partial charge on any atom is 0.134 e. The van der Waals surface area contributed by atoms with E-state index >= 15 is 0 Å². The van der Waals surface area contributed by atoms with Crippen LogP contribution in [-0.2, 0) is 6.42 Å². The minimum atomic E-state index is 0.413. The fraction of sp³-hybridized carbons (Fsp3) is 0.579. The van der Waals surface area contributed by atoms with Crippen molar-refractivity contribution in [3.05, 3.63) is 35.6 Å². The standard InChI is InChI=1S/C19H27NO/c1-3-5-6-14-7-10-17-16(12-14)13-18(21-17)19(15-8-9-15)20-11-4-2/h7,10,12-13,15,19-20H,3-6,8-9,11H2,1-2H3. The van der Waals surface area contributed by atoms with Crippen molar-refractivity contribution in [3.8, 4) is 0 Å². The van der Waals surface area contributed by atoms with E-state index in [4.69, 9.17) is 4.42 Å². The zero-order valence-corrected chi connectivity index (χ0v) is 13.3. The number of aryl methyl sites for hydroxylation is 1. The average Bonchev–Trinajstić information content (AvgIpc) is 3.24. The van der Waals surface area contributed by atoms with Gasteiger partial charge in [0.05, 0.1) is 6.04 Å². The summed E-state index contributed by atoms with van der Waals surface area (Å²) < 4.78 is 6.13. The Morgan fingerprint density at radius 3 is 2.76 bits per heavy atom. The van der Waals surface area contributed by atoms with Crippen LogP contribution < -0.4 is 5.32 Å². The van der Waals surface area contributed by atoms with Crippen molar-refractivity contribution in [1.82, 2.24) is 5.32 Å². The van der Waals surface area contributed by atoms with Gasteiger partial charge in [0, 0.05) is 5.39 Å². The van der Waals surface area contributed by atoms with Gasteiger partial charge in [-0.25, -0.2) is 0 Å². The summed E-state index contributed by atoms with van der Waals surface area (Å²) >= 11 is 0. The molecule has 1 N–H and O–H groups in total. The van der Waals surface area contributed by atoms with Crippen LogP contribution in [-0.4, -0.2) is 6.54 Å². The molecule has 0 bridgehead atoms. The molecule has 2 nitrogen and oxygen atoms in total. The van der Waals surface area contributed by atoms with Gasteiger partial charge in [-0.3, -0.25) is 0 Å². The molecule has 0 spiro atoms. The van der Waals surface area contributed by atoms with Gasteiger partial charge in [-0.15, -0.1) is 0 Å². The third kappa shape index (κ3) is 3.49. The summed E-state index contributed by atoms with van der Waals surface area (Å²) in [5.41, 5.74) is 2.47. The highest BCUT2D eigenvalue weighted by molar-refractivity contribution is 5.78. The van der Waals surface area contributed by atoms with Crippen LogP contribution in [0.4, 0.5) is 0 Å². The van der Waals surface area contributed by atoms with Gasteiger partial charge in [-0.1, -0.05) is 26.3 Å². The first-order valence-electron chi connectivity index (χ1n) is 8.57. The molecule has 0 radical (unpaired) electrons. The first-order chi connectivity index (χ1) is 10.3. The molecule has 1 unspecified atom stereocenters. The molecule has 2 heteroatoms. The number of hydrogen-bond donors (Lipinski definition) is 1. The van der Waals surface area contributed by atoms with E-state index in [1.807, 2.05) is 0 Å². The minimum Gasteiger partial charge on any atom is -0.459 e. The SMILES string of the molecule is CCCCc1ccc2oc(C(NCCC)C3CC3)cc2c1. The maximum absolute atomic E-state index is 6.13. The Hall–Kier alpha value is -1.28. The van der Waals surface area contributed by atoms with Crippen LogP contribution >= 0.6 is 0 Å². The largest absolute Gasteiger partial charge is 0.459 e. The highest BCUT2D eigenvalue weighted by Crippen LogP contribution is 2.42. The van der Waals surface area contributed by atoms with Crippen molar-refractivity contribution in [1.29, 1.82) is 0 Å². The Bertz CT molecular complexity index is 582. The quantitative estimate of drug-likeness (QED) is 0.718. The predicted molar refractivity (Wildman–Crippen MR) is 88.6 cm³/mol. The van der Waals surface area contributed by atoms with E-state index in [-0.39, 0.29) is 0 Å². The molecule has 1 aliphatic rings. The van der Waals surface area contributed by atoms with E-state index in [0.717, 1.165) is 23.8 Å². The van der Waals surface area contributed by atoms with Crippen LogP contribution in [0.15, 0.2) is 28.7 Å². The number of nitrogens with one attached hydrogen (secondary N) is 1. The molecule has 114 valence electrons. The molecule has 1 atom stereocenters. The van der Waals surface area contributed by atoms with Crippen LogP contribution in [0.5, 0.6) is 0 Å². The van der Waals surface area contributed by atoms with E-state index in [0.29, 0.717) is 6.04 Å². The van der Waals surface area contributed by atoms with Gasteiger partial charge in [0.15, 0.2) is 0 Å². The Labute approximate surface area is 127 Å². The summed E-state index contributed by atoms with van der Waals surface area (Å²) in [6.07, 6.45) is 7.52. The van der Waals surface area contributed by atoms with Crippen molar-refractivity contribution in [2.24, 2.45) is 5.92 Å². The van der Waals surface area contributed by atoms with E-state index < -0.39 is 0 Å². The highest BCUT2D eigenvalue weighted by atomic mass is 16.3. The molecular formula is C19H27NO. The van der Waals surface area contributed by atoms with Gasteiger partial charge in [0.2, 0.25) is 0 Å². The summed E-state index contributed by atoms with van der Waals surface area (Å²) in [5, 5.41) is 4.93. The third-order valence-electron chi connectivity index (χ3n) is 4.43. The van der Waals surface area contributed by atoms with Gasteiger partial charge in [-0.2, -0.15) is 0 Å². The van der Waals surface area contributed by atoms with Crippen molar-refractivity contribution < 1.29 is 4.42 Å². The molecule has 1 aromatic heterocycles. The van der Waals surface area contributed by atoms with Crippen molar-refractivity contribution in [3.63, 3.8) is 0 Å². The van der Waals surface area contributed by atoms with Crippen LogP contribution in [0.3, 0.4) is 0 Å². The molecular weight excluding hydrogens is 258 g/mol. The average molecular weight is 285 g/mol. The van der Waals surface area contributed by atoms with Gasteiger partial charge in [0.25, 0.3) is 0 Å². The molecule has 1 fully saturated rings.